The molecule has 1 aliphatic heterocycles. The number of aromatic nitrogens is 1. The molecule has 0 spiro atoms. The monoisotopic (exact) mass is 333 g/mol. The maximum absolute atomic E-state index is 13.3. The van der Waals surface area contributed by atoms with Gasteiger partial charge in [0.1, 0.15) is 5.82 Å². The lowest BCUT2D eigenvalue weighted by atomic mass is 10.0. The molecule has 122 valence electrons. The molecular weight excluding hydrogens is 313 g/mol. The minimum atomic E-state index is -0.202. The van der Waals surface area contributed by atoms with Crippen molar-refractivity contribution < 1.29 is 9.18 Å². The van der Waals surface area contributed by atoms with Crippen molar-refractivity contribution in [3.8, 4) is 0 Å². The Morgan fingerprint density at radius 3 is 3.13 bits per heavy atom. The Balaban J connectivity index is 1.61. The van der Waals surface area contributed by atoms with Crippen molar-refractivity contribution in [3.63, 3.8) is 0 Å². The summed E-state index contributed by atoms with van der Waals surface area (Å²) in [6.45, 7) is 1.30. The molecule has 1 aromatic heterocycles. The summed E-state index contributed by atoms with van der Waals surface area (Å²) in [5.41, 5.74) is 0.989. The molecule has 1 unspecified atom stereocenters. The Morgan fingerprint density at radius 2 is 2.39 bits per heavy atom. The SMILES string of the molecule is CN(C(=O)CN1CCCC1Cc1cccc(F)c1)c1nccs1. The number of halogens is 1. The van der Waals surface area contributed by atoms with Gasteiger partial charge in [0.2, 0.25) is 5.91 Å². The number of thiazole rings is 1. The van der Waals surface area contributed by atoms with Gasteiger partial charge in [0.25, 0.3) is 0 Å². The van der Waals surface area contributed by atoms with Crippen molar-refractivity contribution in [2.75, 3.05) is 25.0 Å². The Labute approximate surface area is 139 Å². The molecule has 1 aromatic carbocycles. The molecule has 0 saturated carbocycles. The second-order valence-electron chi connectivity index (χ2n) is 5.87. The number of hydrogen-bond acceptors (Lipinski definition) is 4. The first-order valence-electron chi connectivity index (χ1n) is 7.78. The lowest BCUT2D eigenvalue weighted by Crippen LogP contribution is -2.41. The molecule has 3 rings (SSSR count). The van der Waals surface area contributed by atoms with Gasteiger partial charge in [0.05, 0.1) is 6.54 Å². The van der Waals surface area contributed by atoms with E-state index in [2.05, 4.69) is 9.88 Å². The van der Waals surface area contributed by atoms with Gasteiger partial charge in [0, 0.05) is 24.7 Å². The van der Waals surface area contributed by atoms with Crippen molar-refractivity contribution in [1.29, 1.82) is 0 Å². The van der Waals surface area contributed by atoms with Gasteiger partial charge in [-0.3, -0.25) is 14.6 Å². The smallest absolute Gasteiger partial charge is 0.242 e. The first kappa shape index (κ1) is 16.1. The van der Waals surface area contributed by atoms with Crippen LogP contribution in [0.2, 0.25) is 0 Å². The van der Waals surface area contributed by atoms with Gasteiger partial charge < -0.3 is 0 Å². The second kappa shape index (κ2) is 7.19. The van der Waals surface area contributed by atoms with E-state index in [-0.39, 0.29) is 11.7 Å². The summed E-state index contributed by atoms with van der Waals surface area (Å²) < 4.78 is 13.3. The number of carbonyl (C=O) groups excluding carboxylic acids is 1. The molecule has 6 heteroatoms. The number of benzene rings is 1. The van der Waals surface area contributed by atoms with Crippen LogP contribution in [0.3, 0.4) is 0 Å². The van der Waals surface area contributed by atoms with Gasteiger partial charge >= 0.3 is 0 Å². The van der Waals surface area contributed by atoms with Crippen LogP contribution in [0, 0.1) is 5.82 Å². The molecule has 1 amide bonds. The fourth-order valence-electron chi connectivity index (χ4n) is 3.04. The fraction of sp³-hybridized carbons (Fsp3) is 0.412. The molecule has 1 fully saturated rings. The number of amides is 1. The predicted molar refractivity (Wildman–Crippen MR) is 90.2 cm³/mol. The van der Waals surface area contributed by atoms with Crippen LogP contribution in [0.15, 0.2) is 35.8 Å². The second-order valence-corrected chi connectivity index (χ2v) is 6.74. The number of hydrogen-bond donors (Lipinski definition) is 0. The van der Waals surface area contributed by atoms with Crippen LogP contribution >= 0.6 is 11.3 Å². The van der Waals surface area contributed by atoms with E-state index in [4.69, 9.17) is 0 Å². The highest BCUT2D eigenvalue weighted by molar-refractivity contribution is 7.13. The molecule has 1 atom stereocenters. The van der Waals surface area contributed by atoms with Gasteiger partial charge in [-0.1, -0.05) is 12.1 Å². The highest BCUT2D eigenvalue weighted by atomic mass is 32.1. The van der Waals surface area contributed by atoms with Crippen LogP contribution < -0.4 is 4.90 Å². The summed E-state index contributed by atoms with van der Waals surface area (Å²) in [6.07, 6.45) is 4.61. The van der Waals surface area contributed by atoms with Gasteiger partial charge in [-0.2, -0.15) is 0 Å². The van der Waals surface area contributed by atoms with Crippen molar-refractivity contribution in [1.82, 2.24) is 9.88 Å². The zero-order chi connectivity index (χ0) is 16.2. The highest BCUT2D eigenvalue weighted by Crippen LogP contribution is 2.22. The molecule has 0 N–H and O–H groups in total. The summed E-state index contributed by atoms with van der Waals surface area (Å²) in [5, 5.41) is 2.58. The van der Waals surface area contributed by atoms with Crippen LogP contribution in [0.4, 0.5) is 9.52 Å². The first-order valence-corrected chi connectivity index (χ1v) is 8.66. The lowest BCUT2D eigenvalue weighted by molar-refractivity contribution is -0.119. The zero-order valence-corrected chi connectivity index (χ0v) is 13.9. The quantitative estimate of drug-likeness (QED) is 0.844. The maximum Gasteiger partial charge on any atom is 0.242 e. The summed E-state index contributed by atoms with van der Waals surface area (Å²) >= 11 is 1.46. The molecule has 2 aromatic rings. The Bertz CT molecular complexity index is 662. The van der Waals surface area contributed by atoms with Gasteiger partial charge in [-0.25, -0.2) is 9.37 Å². The molecule has 1 saturated heterocycles. The van der Waals surface area contributed by atoms with Crippen molar-refractivity contribution in [2.24, 2.45) is 0 Å². The Hall–Kier alpha value is -1.79. The van der Waals surface area contributed by atoms with Crippen LogP contribution in [0.1, 0.15) is 18.4 Å². The van der Waals surface area contributed by atoms with Crippen LogP contribution in [0.5, 0.6) is 0 Å². The average molecular weight is 333 g/mol. The Kier molecular flexibility index (Phi) is 5.03. The molecule has 4 nitrogen and oxygen atoms in total. The standard InChI is InChI=1S/C17H20FN3OS/c1-20(17-19-7-9-23-17)16(22)12-21-8-3-6-15(21)11-13-4-2-5-14(18)10-13/h2,4-5,7,9-10,15H,3,6,8,11-12H2,1H3. The molecule has 0 bridgehead atoms. The average Bonchev–Trinajstić information content (AvgIpc) is 3.19. The summed E-state index contributed by atoms with van der Waals surface area (Å²) in [7, 11) is 1.76. The molecule has 23 heavy (non-hydrogen) atoms. The van der Waals surface area contributed by atoms with E-state index in [0.29, 0.717) is 12.6 Å². The number of rotatable bonds is 5. The van der Waals surface area contributed by atoms with E-state index >= 15 is 0 Å². The minimum absolute atomic E-state index is 0.0473. The van der Waals surface area contributed by atoms with Crippen molar-refractivity contribution >= 4 is 22.4 Å². The van der Waals surface area contributed by atoms with Gasteiger partial charge in [-0.15, -0.1) is 11.3 Å². The molecule has 1 aliphatic rings. The molecule has 0 radical (unpaired) electrons. The fourth-order valence-corrected chi connectivity index (χ4v) is 3.66. The third kappa shape index (κ3) is 3.95. The van der Waals surface area contributed by atoms with E-state index in [1.807, 2.05) is 11.4 Å². The third-order valence-electron chi connectivity index (χ3n) is 4.28. The number of likely N-dealkylation sites (tertiary alicyclic amines) is 1. The number of likely N-dealkylation sites (N-methyl/N-ethyl adjacent to an activating group) is 1. The van der Waals surface area contributed by atoms with Crippen molar-refractivity contribution in [2.45, 2.75) is 25.3 Å². The van der Waals surface area contributed by atoms with Gasteiger partial charge in [0.15, 0.2) is 5.13 Å². The van der Waals surface area contributed by atoms with E-state index in [9.17, 15) is 9.18 Å². The van der Waals surface area contributed by atoms with Crippen LogP contribution in [0.25, 0.3) is 0 Å². The number of anilines is 1. The van der Waals surface area contributed by atoms with Crippen molar-refractivity contribution in [3.05, 3.63) is 47.2 Å². The third-order valence-corrected chi connectivity index (χ3v) is 5.13. The van der Waals surface area contributed by atoms with Gasteiger partial charge in [-0.05, 0) is 43.5 Å². The molecular formula is C17H20FN3OS. The first-order chi connectivity index (χ1) is 11.1. The number of nitrogens with zero attached hydrogens (tertiary/aromatic N) is 3. The largest absolute Gasteiger partial charge is 0.291 e. The van der Waals surface area contributed by atoms with Crippen LogP contribution in [-0.4, -0.2) is 42.0 Å². The summed E-state index contributed by atoms with van der Waals surface area (Å²) in [6, 6.07) is 7.03. The summed E-state index contributed by atoms with van der Waals surface area (Å²) in [5.74, 6) is -0.155. The zero-order valence-electron chi connectivity index (χ0n) is 13.1. The topological polar surface area (TPSA) is 36.4 Å². The minimum Gasteiger partial charge on any atom is -0.291 e. The normalized spacial score (nSPS) is 18.3. The lowest BCUT2D eigenvalue weighted by Gasteiger charge is -2.25. The van der Waals surface area contributed by atoms with E-state index < -0.39 is 0 Å². The van der Waals surface area contributed by atoms with Crippen LogP contribution in [-0.2, 0) is 11.2 Å². The molecule has 2 heterocycles. The maximum atomic E-state index is 13.3. The summed E-state index contributed by atoms with van der Waals surface area (Å²) in [4.78, 5) is 20.4. The highest BCUT2D eigenvalue weighted by Gasteiger charge is 2.28. The molecule has 0 aliphatic carbocycles. The van der Waals surface area contributed by atoms with E-state index in [0.717, 1.165) is 36.5 Å². The Morgan fingerprint density at radius 1 is 1.52 bits per heavy atom. The predicted octanol–water partition coefficient (Wildman–Crippen LogP) is 2.95. The van der Waals surface area contributed by atoms with E-state index in [1.165, 1.54) is 17.4 Å². The van der Waals surface area contributed by atoms with E-state index in [1.54, 1.807) is 30.3 Å². The number of carbonyl (C=O) groups is 1.